The number of hydrogen-bond donors (Lipinski definition) is 0. The van der Waals surface area contributed by atoms with Gasteiger partial charge in [0.05, 0.1) is 27.8 Å². The summed E-state index contributed by atoms with van der Waals surface area (Å²) in [5.41, 5.74) is 12.0. The molecule has 0 saturated carbocycles. The molecule has 0 saturated heterocycles. The fraction of sp³-hybridized carbons (Fsp3) is 0. The predicted octanol–water partition coefficient (Wildman–Crippen LogP) is 13.5. The van der Waals surface area contributed by atoms with Crippen molar-refractivity contribution in [1.82, 2.24) is 9.13 Å². The highest BCUT2D eigenvalue weighted by atomic mass is 15.0. The molecule has 2 heterocycles. The number of hydrogen-bond acceptors (Lipinski definition) is 0. The molecule has 11 aromatic rings. The Bertz CT molecular complexity index is 3160. The van der Waals surface area contributed by atoms with Gasteiger partial charge >= 0.3 is 0 Å². The van der Waals surface area contributed by atoms with Gasteiger partial charge in [-0.3, -0.25) is 0 Å². The van der Waals surface area contributed by atoms with Gasteiger partial charge in [0.1, 0.15) is 0 Å². The van der Waals surface area contributed by atoms with E-state index >= 15 is 0 Å². The average molecular weight is 661 g/mol. The Balaban J connectivity index is 1.22. The lowest BCUT2D eigenvalue weighted by Gasteiger charge is -2.16. The van der Waals surface area contributed by atoms with Gasteiger partial charge in [0.2, 0.25) is 0 Å². The predicted molar refractivity (Wildman–Crippen MR) is 221 cm³/mol. The molecule has 52 heavy (non-hydrogen) atoms. The van der Waals surface area contributed by atoms with Gasteiger partial charge in [0.15, 0.2) is 0 Å². The summed E-state index contributed by atoms with van der Waals surface area (Å²) in [6, 6.07) is 71.0. The van der Waals surface area contributed by atoms with E-state index in [9.17, 15) is 0 Å². The second-order valence-electron chi connectivity index (χ2n) is 13.8. The van der Waals surface area contributed by atoms with Crippen molar-refractivity contribution in [3.05, 3.63) is 194 Å². The molecule has 0 atom stereocenters. The maximum Gasteiger partial charge on any atom is 0.0549 e. The van der Waals surface area contributed by atoms with Crippen LogP contribution in [0, 0.1) is 0 Å². The lowest BCUT2D eigenvalue weighted by atomic mass is 9.98. The Morgan fingerprint density at radius 1 is 0.288 bits per heavy atom. The Kier molecular flexibility index (Phi) is 6.28. The third-order valence-electron chi connectivity index (χ3n) is 10.9. The summed E-state index contributed by atoms with van der Waals surface area (Å²) in [6.45, 7) is 0. The van der Waals surface area contributed by atoms with E-state index in [0.29, 0.717) is 0 Å². The van der Waals surface area contributed by atoms with E-state index in [2.05, 4.69) is 203 Å². The van der Waals surface area contributed by atoms with Gasteiger partial charge in [0.25, 0.3) is 0 Å². The van der Waals surface area contributed by atoms with Crippen molar-refractivity contribution in [1.29, 1.82) is 0 Å². The van der Waals surface area contributed by atoms with Gasteiger partial charge in [-0.1, -0.05) is 140 Å². The van der Waals surface area contributed by atoms with E-state index in [1.165, 1.54) is 93.1 Å². The largest absolute Gasteiger partial charge is 0.309 e. The molecule has 0 aliphatic carbocycles. The van der Waals surface area contributed by atoms with Crippen LogP contribution in [0.25, 0.3) is 98.8 Å². The molecule has 2 heteroatoms. The number of fused-ring (bicyclic) bond motifs is 9. The van der Waals surface area contributed by atoms with E-state index in [1.807, 2.05) is 0 Å². The molecule has 242 valence electrons. The molecule has 0 aliphatic heterocycles. The molecule has 9 aromatic carbocycles. The standard InChI is InChI=1S/C50H32N2/c1-3-13-33(14-4-1)38-24-23-34-25-26-40(30-39(34)29-38)51-44-21-11-9-19-41(44)49-46(51)27-28-47-50(49)42-20-10-12-22-45(42)52(47)48-32-37-18-8-7-17-36(37)31-43(48)35-15-5-2-6-16-35/h1-32H. The lowest BCUT2D eigenvalue weighted by Crippen LogP contribution is -1.98. The third kappa shape index (κ3) is 4.31. The molecule has 0 amide bonds. The number of para-hydroxylation sites is 2. The van der Waals surface area contributed by atoms with Crippen LogP contribution in [-0.2, 0) is 0 Å². The van der Waals surface area contributed by atoms with Crippen molar-refractivity contribution >= 4 is 65.2 Å². The zero-order valence-corrected chi connectivity index (χ0v) is 28.4. The Hall–Kier alpha value is -6.90. The molecule has 0 fully saturated rings. The second-order valence-corrected chi connectivity index (χ2v) is 13.8. The fourth-order valence-corrected chi connectivity index (χ4v) is 8.50. The molecule has 2 nitrogen and oxygen atoms in total. The van der Waals surface area contributed by atoms with Gasteiger partial charge < -0.3 is 9.13 Å². The van der Waals surface area contributed by atoms with Crippen LogP contribution in [0.4, 0.5) is 0 Å². The monoisotopic (exact) mass is 660 g/mol. The van der Waals surface area contributed by atoms with Crippen LogP contribution in [0.15, 0.2) is 194 Å². The maximum atomic E-state index is 2.49. The van der Waals surface area contributed by atoms with Crippen molar-refractivity contribution in [2.45, 2.75) is 0 Å². The van der Waals surface area contributed by atoms with E-state index in [0.717, 1.165) is 5.69 Å². The smallest absolute Gasteiger partial charge is 0.0549 e. The fourth-order valence-electron chi connectivity index (χ4n) is 8.50. The first-order chi connectivity index (χ1) is 25.8. The number of rotatable bonds is 4. The van der Waals surface area contributed by atoms with E-state index in [1.54, 1.807) is 0 Å². The first-order valence-electron chi connectivity index (χ1n) is 17.9. The third-order valence-corrected chi connectivity index (χ3v) is 10.9. The lowest BCUT2D eigenvalue weighted by molar-refractivity contribution is 1.18. The van der Waals surface area contributed by atoms with Crippen LogP contribution in [-0.4, -0.2) is 9.13 Å². The van der Waals surface area contributed by atoms with Gasteiger partial charge in [-0.25, -0.2) is 0 Å². The summed E-state index contributed by atoms with van der Waals surface area (Å²) < 4.78 is 4.95. The summed E-state index contributed by atoms with van der Waals surface area (Å²) in [5, 5.41) is 10.0. The van der Waals surface area contributed by atoms with E-state index in [-0.39, 0.29) is 0 Å². The minimum atomic E-state index is 1.16. The molecule has 0 bridgehead atoms. The molecule has 0 aliphatic rings. The summed E-state index contributed by atoms with van der Waals surface area (Å²) in [6.07, 6.45) is 0. The zero-order valence-electron chi connectivity index (χ0n) is 28.4. The number of benzene rings is 9. The summed E-state index contributed by atoms with van der Waals surface area (Å²) >= 11 is 0. The normalized spacial score (nSPS) is 11.8. The van der Waals surface area contributed by atoms with Crippen LogP contribution in [0.2, 0.25) is 0 Å². The van der Waals surface area contributed by atoms with Crippen LogP contribution in [0.1, 0.15) is 0 Å². The molecule has 0 unspecified atom stereocenters. The molecule has 2 aromatic heterocycles. The minimum absolute atomic E-state index is 1.16. The van der Waals surface area contributed by atoms with Crippen molar-refractivity contribution < 1.29 is 0 Å². The average Bonchev–Trinajstić information content (AvgIpc) is 3.73. The van der Waals surface area contributed by atoms with Crippen LogP contribution >= 0.6 is 0 Å². The van der Waals surface area contributed by atoms with Crippen molar-refractivity contribution in [3.8, 4) is 33.6 Å². The van der Waals surface area contributed by atoms with Crippen molar-refractivity contribution in [2.75, 3.05) is 0 Å². The highest BCUT2D eigenvalue weighted by molar-refractivity contribution is 6.29. The molecule has 11 rings (SSSR count). The summed E-state index contributed by atoms with van der Waals surface area (Å²) in [4.78, 5) is 0. The van der Waals surface area contributed by atoms with Crippen molar-refractivity contribution in [3.63, 3.8) is 0 Å². The van der Waals surface area contributed by atoms with Crippen LogP contribution in [0.3, 0.4) is 0 Å². The zero-order chi connectivity index (χ0) is 34.2. The number of nitrogens with zero attached hydrogens (tertiary/aromatic N) is 2. The topological polar surface area (TPSA) is 9.86 Å². The first kappa shape index (κ1) is 28.9. The highest BCUT2D eigenvalue weighted by Gasteiger charge is 2.22. The van der Waals surface area contributed by atoms with Crippen molar-refractivity contribution in [2.24, 2.45) is 0 Å². The Morgan fingerprint density at radius 2 is 0.846 bits per heavy atom. The second kappa shape index (κ2) is 11.3. The molecule has 0 radical (unpaired) electrons. The van der Waals surface area contributed by atoms with Gasteiger partial charge in [-0.15, -0.1) is 0 Å². The molecule has 0 N–H and O–H groups in total. The van der Waals surface area contributed by atoms with Gasteiger partial charge in [-0.2, -0.15) is 0 Å². The highest BCUT2D eigenvalue weighted by Crippen LogP contribution is 2.44. The maximum absolute atomic E-state index is 2.49. The van der Waals surface area contributed by atoms with E-state index < -0.39 is 0 Å². The van der Waals surface area contributed by atoms with Gasteiger partial charge in [-0.05, 0) is 92.8 Å². The number of aromatic nitrogens is 2. The minimum Gasteiger partial charge on any atom is -0.309 e. The Labute approximate surface area is 301 Å². The first-order valence-corrected chi connectivity index (χ1v) is 17.9. The molecule has 0 spiro atoms. The van der Waals surface area contributed by atoms with Gasteiger partial charge in [0, 0.05) is 32.8 Å². The Morgan fingerprint density at radius 3 is 1.56 bits per heavy atom. The quantitative estimate of drug-likeness (QED) is 0.178. The summed E-state index contributed by atoms with van der Waals surface area (Å²) in [5.74, 6) is 0. The summed E-state index contributed by atoms with van der Waals surface area (Å²) in [7, 11) is 0. The molecular formula is C50H32N2. The van der Waals surface area contributed by atoms with Crippen LogP contribution in [0.5, 0.6) is 0 Å². The van der Waals surface area contributed by atoms with E-state index in [4.69, 9.17) is 0 Å². The van der Waals surface area contributed by atoms with Crippen LogP contribution < -0.4 is 0 Å². The molecular weight excluding hydrogens is 629 g/mol. The SMILES string of the molecule is c1ccc(-c2ccc3ccc(-n4c5ccccc5c5c6c7ccccc7n(-c7cc8ccccc8cc7-c7ccccc7)c6ccc54)cc3c2)cc1.